The van der Waals surface area contributed by atoms with Crippen molar-refractivity contribution in [3.63, 3.8) is 0 Å². The van der Waals surface area contributed by atoms with Crippen LogP contribution in [0.4, 0.5) is 0 Å². The fourth-order valence-corrected chi connectivity index (χ4v) is 3.76. The van der Waals surface area contributed by atoms with Gasteiger partial charge in [-0.25, -0.2) is 0 Å². The number of amides is 2. The van der Waals surface area contributed by atoms with Crippen molar-refractivity contribution in [3.05, 3.63) is 0 Å². The molecule has 0 spiro atoms. The van der Waals surface area contributed by atoms with Crippen LogP contribution in [-0.2, 0) is 9.59 Å². The number of hydrogen-bond donors (Lipinski definition) is 3. The van der Waals surface area contributed by atoms with Crippen LogP contribution in [0.3, 0.4) is 0 Å². The first-order valence-corrected chi connectivity index (χ1v) is 8.39. The summed E-state index contributed by atoms with van der Waals surface area (Å²) in [4.78, 5) is 24.6. The average Bonchev–Trinajstić information content (AvgIpc) is 2.44. The molecular weight excluding hydrogens is 266 g/mol. The first-order chi connectivity index (χ1) is 9.97. The minimum absolute atomic E-state index is 0.0102. The van der Waals surface area contributed by atoms with Gasteiger partial charge in [-0.05, 0) is 18.3 Å². The van der Waals surface area contributed by atoms with E-state index in [4.69, 9.17) is 5.73 Å². The third kappa shape index (κ3) is 4.43. The van der Waals surface area contributed by atoms with Crippen molar-refractivity contribution >= 4 is 11.8 Å². The maximum Gasteiger partial charge on any atom is 0.275 e. The number of likely N-dealkylation sites (tertiary alicyclic amines) is 1. The lowest BCUT2D eigenvalue weighted by Crippen LogP contribution is -3.14. The summed E-state index contributed by atoms with van der Waals surface area (Å²) in [6.07, 6.45) is 5.23. The lowest BCUT2D eigenvalue weighted by atomic mass is 9.78. The van der Waals surface area contributed by atoms with E-state index in [1.807, 2.05) is 0 Å². The van der Waals surface area contributed by atoms with Crippen molar-refractivity contribution in [1.29, 1.82) is 0 Å². The highest BCUT2D eigenvalue weighted by Gasteiger charge is 2.30. The smallest absolute Gasteiger partial charge is 0.275 e. The number of quaternary nitrogens is 1. The number of nitrogens with two attached hydrogens (primary N) is 1. The molecule has 1 heterocycles. The Morgan fingerprint density at radius 2 is 1.81 bits per heavy atom. The summed E-state index contributed by atoms with van der Waals surface area (Å²) >= 11 is 0. The fraction of sp³-hybridized carbons (Fsp3) is 0.875. The normalized spacial score (nSPS) is 37.0. The Morgan fingerprint density at radius 1 is 1.14 bits per heavy atom. The standard InChI is InChI=1S/C16H29N3O2/c1-11-4-3-5-14(12(11)2)18-15(20)10-19-8-6-13(7-9-19)16(17)21/h11-14H,3-10H2,1-2H3,(H2,17,21)(H,18,20)/p+1/t11-,12-,14-/m1/s1. The fourth-order valence-electron chi connectivity index (χ4n) is 3.76. The van der Waals surface area contributed by atoms with Crippen molar-refractivity contribution < 1.29 is 14.5 Å². The van der Waals surface area contributed by atoms with E-state index in [1.165, 1.54) is 17.7 Å². The monoisotopic (exact) mass is 296 g/mol. The molecule has 1 aliphatic heterocycles. The van der Waals surface area contributed by atoms with E-state index in [-0.39, 0.29) is 17.7 Å². The number of carbonyl (C=O) groups is 2. The highest BCUT2D eigenvalue weighted by molar-refractivity contribution is 5.77. The minimum atomic E-state index is -0.191. The molecule has 0 unspecified atom stereocenters. The van der Waals surface area contributed by atoms with Gasteiger partial charge in [-0.15, -0.1) is 0 Å². The molecule has 0 bridgehead atoms. The first kappa shape index (κ1) is 16.3. The second-order valence-corrected chi connectivity index (χ2v) is 7.04. The van der Waals surface area contributed by atoms with Crippen molar-refractivity contribution in [2.75, 3.05) is 19.6 Å². The van der Waals surface area contributed by atoms with Gasteiger partial charge in [0.25, 0.3) is 5.91 Å². The quantitative estimate of drug-likeness (QED) is 0.666. The number of nitrogens with one attached hydrogen (secondary N) is 2. The molecule has 1 saturated heterocycles. The van der Waals surface area contributed by atoms with Gasteiger partial charge in [0, 0.05) is 24.8 Å². The van der Waals surface area contributed by atoms with Gasteiger partial charge in [0.2, 0.25) is 5.91 Å². The van der Waals surface area contributed by atoms with Gasteiger partial charge in [0.1, 0.15) is 0 Å². The molecule has 0 radical (unpaired) electrons. The molecule has 2 fully saturated rings. The number of rotatable bonds is 4. The van der Waals surface area contributed by atoms with Gasteiger partial charge >= 0.3 is 0 Å². The highest BCUT2D eigenvalue weighted by Crippen LogP contribution is 2.29. The zero-order valence-corrected chi connectivity index (χ0v) is 13.4. The number of hydrogen-bond acceptors (Lipinski definition) is 2. The average molecular weight is 296 g/mol. The summed E-state index contributed by atoms with van der Waals surface area (Å²) in [6.45, 7) is 6.81. The van der Waals surface area contributed by atoms with Crippen molar-refractivity contribution in [1.82, 2.24) is 5.32 Å². The van der Waals surface area contributed by atoms with Crippen molar-refractivity contribution in [3.8, 4) is 0 Å². The molecule has 4 N–H and O–H groups in total. The summed E-state index contributed by atoms with van der Waals surface area (Å²) in [5.41, 5.74) is 5.34. The molecular formula is C16H30N3O2+. The van der Waals surface area contributed by atoms with Crippen LogP contribution in [0.25, 0.3) is 0 Å². The maximum atomic E-state index is 12.2. The van der Waals surface area contributed by atoms with E-state index in [9.17, 15) is 9.59 Å². The van der Waals surface area contributed by atoms with Crippen LogP contribution in [0.1, 0.15) is 46.0 Å². The second kappa shape index (κ2) is 7.25. The SMILES string of the molecule is C[C@@H]1[C@H](C)CCC[C@H]1NC(=O)C[NH+]1CCC(C(N)=O)CC1. The van der Waals surface area contributed by atoms with Crippen LogP contribution in [0.2, 0.25) is 0 Å². The Morgan fingerprint density at radius 3 is 2.43 bits per heavy atom. The third-order valence-corrected chi connectivity index (χ3v) is 5.56. The molecule has 2 rings (SSSR count). The predicted octanol–water partition coefficient (Wildman–Crippen LogP) is -0.292. The summed E-state index contributed by atoms with van der Waals surface area (Å²) < 4.78 is 0. The van der Waals surface area contributed by atoms with E-state index in [2.05, 4.69) is 19.2 Å². The topological polar surface area (TPSA) is 76.6 Å². The zero-order valence-electron chi connectivity index (χ0n) is 13.4. The van der Waals surface area contributed by atoms with Gasteiger partial charge in [0.15, 0.2) is 6.54 Å². The third-order valence-electron chi connectivity index (χ3n) is 5.56. The highest BCUT2D eigenvalue weighted by atomic mass is 16.2. The molecule has 1 aliphatic carbocycles. The van der Waals surface area contributed by atoms with Gasteiger partial charge < -0.3 is 16.0 Å². The Bertz CT molecular complexity index is 378. The molecule has 2 amide bonds. The first-order valence-electron chi connectivity index (χ1n) is 8.39. The molecule has 2 aliphatic rings. The zero-order chi connectivity index (χ0) is 15.4. The van der Waals surface area contributed by atoms with E-state index in [1.54, 1.807) is 0 Å². The molecule has 5 nitrogen and oxygen atoms in total. The van der Waals surface area contributed by atoms with Crippen molar-refractivity contribution in [2.24, 2.45) is 23.5 Å². The lowest BCUT2D eigenvalue weighted by Gasteiger charge is -2.35. The molecule has 0 aromatic rings. The molecule has 21 heavy (non-hydrogen) atoms. The summed E-state index contributed by atoms with van der Waals surface area (Å²) in [5.74, 6) is 1.24. The van der Waals surface area contributed by atoms with Gasteiger partial charge in [-0.1, -0.05) is 26.7 Å². The van der Waals surface area contributed by atoms with Gasteiger partial charge in [-0.3, -0.25) is 9.59 Å². The minimum Gasteiger partial charge on any atom is -0.369 e. The number of primary amides is 1. The van der Waals surface area contributed by atoms with Crippen LogP contribution in [0, 0.1) is 17.8 Å². The van der Waals surface area contributed by atoms with Crippen LogP contribution in [0.15, 0.2) is 0 Å². The summed E-state index contributed by atoms with van der Waals surface area (Å²) in [7, 11) is 0. The Balaban J connectivity index is 1.74. The summed E-state index contributed by atoms with van der Waals surface area (Å²) in [5, 5.41) is 3.23. The van der Waals surface area contributed by atoms with Crippen LogP contribution in [0.5, 0.6) is 0 Å². The van der Waals surface area contributed by atoms with Crippen LogP contribution >= 0.6 is 0 Å². The number of carbonyl (C=O) groups excluding carboxylic acids is 2. The van der Waals surface area contributed by atoms with E-state index < -0.39 is 0 Å². The van der Waals surface area contributed by atoms with E-state index in [0.717, 1.165) is 32.4 Å². The Labute approximate surface area is 127 Å². The van der Waals surface area contributed by atoms with Gasteiger partial charge in [0.05, 0.1) is 13.1 Å². The Hall–Kier alpha value is -1.10. The molecule has 1 saturated carbocycles. The molecule has 120 valence electrons. The molecule has 5 heteroatoms. The van der Waals surface area contributed by atoms with Crippen molar-refractivity contribution in [2.45, 2.75) is 52.0 Å². The lowest BCUT2D eigenvalue weighted by molar-refractivity contribution is -0.897. The molecule has 0 aromatic heterocycles. The largest absolute Gasteiger partial charge is 0.369 e. The number of piperidine rings is 1. The second-order valence-electron chi connectivity index (χ2n) is 7.04. The Kier molecular flexibility index (Phi) is 5.62. The van der Waals surface area contributed by atoms with Crippen LogP contribution < -0.4 is 16.0 Å². The van der Waals surface area contributed by atoms with Crippen LogP contribution in [-0.4, -0.2) is 37.5 Å². The molecule has 0 aromatic carbocycles. The van der Waals surface area contributed by atoms with E-state index in [0.29, 0.717) is 24.4 Å². The summed E-state index contributed by atoms with van der Waals surface area (Å²) in [6, 6.07) is 0.337. The maximum absolute atomic E-state index is 12.2. The van der Waals surface area contributed by atoms with E-state index >= 15 is 0 Å². The predicted molar refractivity (Wildman–Crippen MR) is 81.6 cm³/mol. The molecule has 3 atom stereocenters. The van der Waals surface area contributed by atoms with Gasteiger partial charge in [-0.2, -0.15) is 0 Å².